The summed E-state index contributed by atoms with van der Waals surface area (Å²) in [6.45, 7) is 0.118. The Hall–Kier alpha value is -0.700. The van der Waals surface area contributed by atoms with Gasteiger partial charge in [-0.3, -0.25) is 0 Å². The van der Waals surface area contributed by atoms with E-state index in [9.17, 15) is 9.59 Å². The molecule has 0 aromatic carbocycles. The molecule has 0 amide bonds. The van der Waals surface area contributed by atoms with E-state index in [4.69, 9.17) is 5.73 Å². The monoisotopic (exact) mass is 101 g/mol. The predicted octanol–water partition coefficient (Wildman–Crippen LogP) is -1.04. The highest BCUT2D eigenvalue weighted by Gasteiger charge is 1.97. The standard InChI is InChI=1S/C4H7NO2/c5-1-4(2-6)3-7/h2-4H,1,5H2. The fraction of sp³-hybridized carbons (Fsp3) is 0.500. The minimum atomic E-state index is -0.597. The minimum Gasteiger partial charge on any atom is -0.329 e. The fourth-order valence-corrected chi connectivity index (χ4v) is 0.143. The first kappa shape index (κ1) is 6.30. The van der Waals surface area contributed by atoms with Crippen LogP contribution in [0, 0.1) is 5.92 Å². The van der Waals surface area contributed by atoms with Crippen LogP contribution in [-0.2, 0) is 9.59 Å². The number of rotatable bonds is 3. The molecular formula is C4H7NO2. The number of hydrogen-bond acceptors (Lipinski definition) is 3. The maximum atomic E-state index is 9.66. The Morgan fingerprint density at radius 3 is 1.86 bits per heavy atom. The number of carbonyl (C=O) groups is 2. The van der Waals surface area contributed by atoms with Gasteiger partial charge in [0.25, 0.3) is 0 Å². The number of hydrogen-bond donors (Lipinski definition) is 1. The van der Waals surface area contributed by atoms with E-state index in [1.165, 1.54) is 0 Å². The summed E-state index contributed by atoms with van der Waals surface area (Å²) in [7, 11) is 0. The number of nitrogens with two attached hydrogens (primary N) is 1. The Kier molecular flexibility index (Phi) is 3.14. The van der Waals surface area contributed by atoms with Gasteiger partial charge in [0.05, 0.1) is 5.92 Å². The number of carbonyl (C=O) groups excluding carboxylic acids is 2. The van der Waals surface area contributed by atoms with Gasteiger partial charge in [0, 0.05) is 6.54 Å². The third kappa shape index (κ3) is 2.05. The summed E-state index contributed by atoms with van der Waals surface area (Å²) in [4.78, 5) is 19.3. The molecule has 40 valence electrons. The normalized spacial score (nSPS) is 8.86. The van der Waals surface area contributed by atoms with Crippen molar-refractivity contribution in [2.75, 3.05) is 6.54 Å². The Morgan fingerprint density at radius 1 is 1.43 bits per heavy atom. The smallest absolute Gasteiger partial charge is 0.131 e. The van der Waals surface area contributed by atoms with Crippen molar-refractivity contribution >= 4 is 12.6 Å². The first-order chi connectivity index (χ1) is 3.35. The van der Waals surface area contributed by atoms with Gasteiger partial charge < -0.3 is 15.3 Å². The second-order valence-corrected chi connectivity index (χ2v) is 1.17. The largest absolute Gasteiger partial charge is 0.329 e. The highest BCUT2D eigenvalue weighted by atomic mass is 16.1. The molecule has 0 aliphatic rings. The lowest BCUT2D eigenvalue weighted by atomic mass is 10.2. The molecule has 3 heteroatoms. The fourth-order valence-electron chi connectivity index (χ4n) is 0.143. The van der Waals surface area contributed by atoms with Gasteiger partial charge in [-0.25, -0.2) is 0 Å². The lowest BCUT2D eigenvalue weighted by Crippen LogP contribution is -2.16. The SMILES string of the molecule is NCC(C=O)C=O. The van der Waals surface area contributed by atoms with Gasteiger partial charge in [0.1, 0.15) is 12.6 Å². The maximum absolute atomic E-state index is 9.66. The third-order valence-corrected chi connectivity index (χ3v) is 0.622. The molecule has 0 saturated heterocycles. The molecule has 0 fully saturated rings. The second kappa shape index (κ2) is 3.49. The average Bonchev–Trinajstić information content (AvgIpc) is 1.72. The quantitative estimate of drug-likeness (QED) is 0.365. The third-order valence-electron chi connectivity index (χ3n) is 0.622. The molecule has 0 radical (unpaired) electrons. The van der Waals surface area contributed by atoms with Crippen molar-refractivity contribution < 1.29 is 9.59 Å². The van der Waals surface area contributed by atoms with Gasteiger partial charge in [-0.1, -0.05) is 0 Å². The number of aldehydes is 2. The molecule has 7 heavy (non-hydrogen) atoms. The van der Waals surface area contributed by atoms with Crippen LogP contribution in [0.3, 0.4) is 0 Å². The van der Waals surface area contributed by atoms with Gasteiger partial charge in [-0.2, -0.15) is 0 Å². The van der Waals surface area contributed by atoms with Crippen molar-refractivity contribution in [3.63, 3.8) is 0 Å². The van der Waals surface area contributed by atoms with Gasteiger partial charge in [-0.05, 0) is 0 Å². The van der Waals surface area contributed by atoms with E-state index < -0.39 is 5.92 Å². The van der Waals surface area contributed by atoms with Gasteiger partial charge >= 0.3 is 0 Å². The van der Waals surface area contributed by atoms with E-state index in [2.05, 4.69) is 0 Å². The van der Waals surface area contributed by atoms with Crippen LogP contribution in [0.15, 0.2) is 0 Å². The summed E-state index contributed by atoms with van der Waals surface area (Å²) < 4.78 is 0. The van der Waals surface area contributed by atoms with E-state index in [0.29, 0.717) is 12.6 Å². The summed E-state index contributed by atoms with van der Waals surface area (Å²) in [5, 5.41) is 0. The molecular weight excluding hydrogens is 94.0 g/mol. The highest BCUT2D eigenvalue weighted by molar-refractivity contribution is 5.77. The maximum Gasteiger partial charge on any atom is 0.131 e. The second-order valence-electron chi connectivity index (χ2n) is 1.17. The van der Waals surface area contributed by atoms with Crippen molar-refractivity contribution in [2.45, 2.75) is 0 Å². The Labute approximate surface area is 41.5 Å². The molecule has 2 N–H and O–H groups in total. The molecule has 0 bridgehead atoms. The van der Waals surface area contributed by atoms with Crippen LogP contribution < -0.4 is 5.73 Å². The molecule has 3 nitrogen and oxygen atoms in total. The summed E-state index contributed by atoms with van der Waals surface area (Å²) in [6, 6.07) is 0. The Morgan fingerprint density at radius 2 is 1.86 bits per heavy atom. The van der Waals surface area contributed by atoms with Crippen molar-refractivity contribution in [1.82, 2.24) is 0 Å². The van der Waals surface area contributed by atoms with Gasteiger partial charge in [-0.15, -0.1) is 0 Å². The summed E-state index contributed by atoms with van der Waals surface area (Å²) >= 11 is 0. The van der Waals surface area contributed by atoms with E-state index in [1.807, 2.05) is 0 Å². The van der Waals surface area contributed by atoms with Crippen molar-refractivity contribution in [1.29, 1.82) is 0 Å². The molecule has 0 aliphatic heterocycles. The molecule has 0 atom stereocenters. The molecule has 0 aliphatic carbocycles. The molecule has 0 spiro atoms. The molecule has 0 aromatic rings. The topological polar surface area (TPSA) is 60.2 Å². The molecule has 0 aromatic heterocycles. The average molecular weight is 101 g/mol. The highest BCUT2D eigenvalue weighted by Crippen LogP contribution is 1.76. The Balaban J connectivity index is 3.36. The molecule has 0 rings (SSSR count). The van der Waals surface area contributed by atoms with Crippen LogP contribution >= 0.6 is 0 Å². The first-order valence-electron chi connectivity index (χ1n) is 1.95. The van der Waals surface area contributed by atoms with Crippen LogP contribution in [0.1, 0.15) is 0 Å². The van der Waals surface area contributed by atoms with Crippen molar-refractivity contribution in [2.24, 2.45) is 11.7 Å². The van der Waals surface area contributed by atoms with Crippen LogP contribution in [0.25, 0.3) is 0 Å². The predicted molar refractivity (Wildman–Crippen MR) is 24.7 cm³/mol. The van der Waals surface area contributed by atoms with E-state index in [0.717, 1.165) is 0 Å². The van der Waals surface area contributed by atoms with E-state index in [1.54, 1.807) is 0 Å². The zero-order valence-corrected chi connectivity index (χ0v) is 3.83. The molecule has 0 heterocycles. The van der Waals surface area contributed by atoms with E-state index in [-0.39, 0.29) is 6.54 Å². The van der Waals surface area contributed by atoms with Crippen LogP contribution in [0.4, 0.5) is 0 Å². The zero-order valence-electron chi connectivity index (χ0n) is 3.83. The molecule has 0 saturated carbocycles. The minimum absolute atomic E-state index is 0.118. The van der Waals surface area contributed by atoms with Crippen LogP contribution in [-0.4, -0.2) is 19.1 Å². The first-order valence-corrected chi connectivity index (χ1v) is 1.95. The molecule has 0 unspecified atom stereocenters. The van der Waals surface area contributed by atoms with E-state index >= 15 is 0 Å². The Bertz CT molecular complexity index is 64.1. The zero-order chi connectivity index (χ0) is 5.70. The summed E-state index contributed by atoms with van der Waals surface area (Å²) in [5.74, 6) is -0.597. The van der Waals surface area contributed by atoms with Crippen LogP contribution in [0.2, 0.25) is 0 Å². The van der Waals surface area contributed by atoms with Crippen LogP contribution in [0.5, 0.6) is 0 Å². The van der Waals surface area contributed by atoms with Gasteiger partial charge in [0.15, 0.2) is 0 Å². The lowest BCUT2D eigenvalue weighted by Gasteiger charge is -1.89. The lowest BCUT2D eigenvalue weighted by molar-refractivity contribution is -0.118. The summed E-state index contributed by atoms with van der Waals surface area (Å²) in [5.41, 5.74) is 4.93. The van der Waals surface area contributed by atoms with Crippen molar-refractivity contribution in [3.8, 4) is 0 Å². The van der Waals surface area contributed by atoms with Crippen molar-refractivity contribution in [3.05, 3.63) is 0 Å². The summed E-state index contributed by atoms with van der Waals surface area (Å²) in [6.07, 6.45) is 1.07. The van der Waals surface area contributed by atoms with Gasteiger partial charge in [0.2, 0.25) is 0 Å².